The molecule has 110 valence electrons. The molecule has 0 bridgehead atoms. The zero-order valence-corrected chi connectivity index (χ0v) is 12.7. The maximum atomic E-state index is 12.1. The van der Waals surface area contributed by atoms with E-state index in [1.807, 2.05) is 17.5 Å². The smallest absolute Gasteiger partial charge is 0.337 e. The van der Waals surface area contributed by atoms with E-state index in [0.29, 0.717) is 11.6 Å². The number of amides is 2. The van der Waals surface area contributed by atoms with Crippen LogP contribution in [0.1, 0.15) is 15.2 Å². The third kappa shape index (κ3) is 3.96. The van der Waals surface area contributed by atoms with Gasteiger partial charge in [0.1, 0.15) is 0 Å². The molecule has 0 aliphatic rings. The highest BCUT2D eigenvalue weighted by atomic mass is 35.5. The molecule has 0 atom stereocenters. The number of nitrogens with zero attached hydrogens (tertiary/aromatic N) is 1. The topological polar surface area (TPSA) is 69.6 Å². The molecule has 0 saturated heterocycles. The van der Waals surface area contributed by atoms with Gasteiger partial charge in [-0.3, -0.25) is 0 Å². The molecule has 0 saturated carbocycles. The number of anilines is 1. The maximum absolute atomic E-state index is 12.1. The molecule has 0 aliphatic carbocycles. The maximum Gasteiger partial charge on any atom is 0.337 e. The van der Waals surface area contributed by atoms with Gasteiger partial charge < -0.3 is 15.3 Å². The van der Waals surface area contributed by atoms with E-state index in [2.05, 4.69) is 5.32 Å². The largest absolute Gasteiger partial charge is 0.478 e. The van der Waals surface area contributed by atoms with Crippen molar-refractivity contribution in [2.75, 3.05) is 12.4 Å². The third-order valence-corrected chi connectivity index (χ3v) is 3.87. The van der Waals surface area contributed by atoms with Crippen LogP contribution in [0.4, 0.5) is 10.5 Å². The number of carbonyl (C=O) groups excluding carboxylic acids is 1. The highest BCUT2D eigenvalue weighted by Gasteiger charge is 2.15. The number of carboxylic acid groups (broad SMARTS) is 1. The minimum atomic E-state index is -1.12. The van der Waals surface area contributed by atoms with Crippen molar-refractivity contribution in [1.29, 1.82) is 0 Å². The Labute approximate surface area is 130 Å². The van der Waals surface area contributed by atoms with Crippen LogP contribution in [0.5, 0.6) is 0 Å². The predicted octanol–water partition coefficient (Wildman–Crippen LogP) is 3.76. The number of aromatic carboxylic acids is 1. The summed E-state index contributed by atoms with van der Waals surface area (Å²) in [5.41, 5.74) is 0.176. The Bertz CT molecular complexity index is 658. The van der Waals surface area contributed by atoms with Crippen molar-refractivity contribution < 1.29 is 14.7 Å². The highest BCUT2D eigenvalue weighted by molar-refractivity contribution is 7.09. The van der Waals surface area contributed by atoms with Crippen LogP contribution in [-0.2, 0) is 6.54 Å². The van der Waals surface area contributed by atoms with Crippen LogP contribution < -0.4 is 5.32 Å². The summed E-state index contributed by atoms with van der Waals surface area (Å²) in [4.78, 5) is 25.8. The van der Waals surface area contributed by atoms with Crippen molar-refractivity contribution in [2.45, 2.75) is 6.54 Å². The number of carbonyl (C=O) groups is 2. The van der Waals surface area contributed by atoms with Gasteiger partial charge in [-0.05, 0) is 29.6 Å². The first-order valence-electron chi connectivity index (χ1n) is 6.04. The molecule has 5 nitrogen and oxygen atoms in total. The van der Waals surface area contributed by atoms with Crippen LogP contribution in [0.25, 0.3) is 0 Å². The summed E-state index contributed by atoms with van der Waals surface area (Å²) in [5, 5.41) is 14.0. The van der Waals surface area contributed by atoms with Crippen molar-refractivity contribution in [1.82, 2.24) is 4.90 Å². The molecule has 0 aliphatic heterocycles. The molecule has 1 heterocycles. The molecule has 2 N–H and O–H groups in total. The van der Waals surface area contributed by atoms with E-state index in [1.165, 1.54) is 23.1 Å². The van der Waals surface area contributed by atoms with Gasteiger partial charge in [-0.15, -0.1) is 11.3 Å². The van der Waals surface area contributed by atoms with Gasteiger partial charge in [-0.25, -0.2) is 9.59 Å². The number of hydrogen-bond acceptors (Lipinski definition) is 3. The van der Waals surface area contributed by atoms with E-state index >= 15 is 0 Å². The first-order chi connectivity index (χ1) is 9.97. The Kier molecular flexibility index (Phi) is 4.82. The molecule has 0 unspecified atom stereocenters. The monoisotopic (exact) mass is 324 g/mol. The van der Waals surface area contributed by atoms with Gasteiger partial charge in [0.25, 0.3) is 0 Å². The summed E-state index contributed by atoms with van der Waals surface area (Å²) in [5.74, 6) is -1.12. The predicted molar refractivity (Wildman–Crippen MR) is 83.2 cm³/mol. The van der Waals surface area contributed by atoms with Crippen LogP contribution in [0, 0.1) is 0 Å². The first kappa shape index (κ1) is 15.3. The molecule has 0 fully saturated rings. The standard InChI is InChI=1S/C14H13ClN2O3S/c1-17(8-10-3-2-6-21-10)14(20)16-12-7-9(15)4-5-11(12)13(18)19/h2-7H,8H2,1H3,(H,16,20)(H,18,19). The molecule has 0 spiro atoms. The Hall–Kier alpha value is -2.05. The summed E-state index contributed by atoms with van der Waals surface area (Å²) >= 11 is 7.39. The van der Waals surface area contributed by atoms with Gasteiger partial charge in [-0.2, -0.15) is 0 Å². The summed E-state index contributed by atoms with van der Waals surface area (Å²) in [6, 6.07) is 7.69. The van der Waals surface area contributed by atoms with E-state index in [1.54, 1.807) is 18.4 Å². The van der Waals surface area contributed by atoms with E-state index < -0.39 is 12.0 Å². The fourth-order valence-electron chi connectivity index (χ4n) is 1.73. The van der Waals surface area contributed by atoms with Crippen molar-refractivity contribution in [2.24, 2.45) is 0 Å². The number of carboxylic acids is 1. The third-order valence-electron chi connectivity index (χ3n) is 2.77. The van der Waals surface area contributed by atoms with Crippen LogP contribution in [0.2, 0.25) is 5.02 Å². The lowest BCUT2D eigenvalue weighted by Crippen LogP contribution is -2.31. The second-order valence-corrected chi connectivity index (χ2v) is 5.83. The second kappa shape index (κ2) is 6.60. The Morgan fingerprint density at radius 2 is 2.14 bits per heavy atom. The molecular formula is C14H13ClN2O3S. The average Bonchev–Trinajstić information content (AvgIpc) is 2.91. The zero-order chi connectivity index (χ0) is 15.4. The van der Waals surface area contributed by atoms with Crippen molar-refractivity contribution >= 4 is 40.6 Å². The highest BCUT2D eigenvalue weighted by Crippen LogP contribution is 2.22. The summed E-state index contributed by atoms with van der Waals surface area (Å²) < 4.78 is 0. The number of benzene rings is 1. The lowest BCUT2D eigenvalue weighted by molar-refractivity contribution is 0.0698. The number of hydrogen-bond donors (Lipinski definition) is 2. The number of halogens is 1. The van der Waals surface area contributed by atoms with Gasteiger partial charge >= 0.3 is 12.0 Å². The van der Waals surface area contributed by atoms with Gasteiger partial charge in [0.15, 0.2) is 0 Å². The minimum Gasteiger partial charge on any atom is -0.478 e. The lowest BCUT2D eigenvalue weighted by Gasteiger charge is -2.18. The summed E-state index contributed by atoms with van der Waals surface area (Å²) in [6.45, 7) is 0.451. The number of nitrogens with one attached hydrogen (secondary N) is 1. The molecule has 2 aromatic rings. The lowest BCUT2D eigenvalue weighted by atomic mass is 10.2. The summed E-state index contributed by atoms with van der Waals surface area (Å²) in [7, 11) is 1.64. The van der Waals surface area contributed by atoms with Gasteiger partial charge in [-0.1, -0.05) is 17.7 Å². The summed E-state index contributed by atoms with van der Waals surface area (Å²) in [6.07, 6.45) is 0. The van der Waals surface area contributed by atoms with Crippen molar-refractivity contribution in [3.05, 3.63) is 51.2 Å². The average molecular weight is 325 g/mol. The van der Waals surface area contributed by atoms with Gasteiger partial charge in [0, 0.05) is 16.9 Å². The van der Waals surface area contributed by atoms with Crippen LogP contribution in [0.15, 0.2) is 35.7 Å². The fourth-order valence-corrected chi connectivity index (χ4v) is 2.65. The Morgan fingerprint density at radius 3 is 2.76 bits per heavy atom. The molecule has 7 heteroatoms. The molecule has 2 rings (SSSR count). The molecular weight excluding hydrogens is 312 g/mol. The normalized spacial score (nSPS) is 10.2. The van der Waals surface area contributed by atoms with Crippen LogP contribution in [0.3, 0.4) is 0 Å². The van der Waals surface area contributed by atoms with Crippen molar-refractivity contribution in [3.8, 4) is 0 Å². The minimum absolute atomic E-state index is 0.00252. The van der Waals surface area contributed by atoms with Gasteiger partial charge in [0.05, 0.1) is 17.8 Å². The molecule has 1 aromatic carbocycles. The zero-order valence-electron chi connectivity index (χ0n) is 11.2. The van der Waals surface area contributed by atoms with E-state index in [4.69, 9.17) is 16.7 Å². The molecule has 21 heavy (non-hydrogen) atoms. The van der Waals surface area contributed by atoms with E-state index in [0.717, 1.165) is 4.88 Å². The van der Waals surface area contributed by atoms with Gasteiger partial charge in [0.2, 0.25) is 0 Å². The fraction of sp³-hybridized carbons (Fsp3) is 0.143. The molecule has 2 amide bonds. The number of rotatable bonds is 4. The number of urea groups is 1. The molecule has 0 radical (unpaired) electrons. The van der Waals surface area contributed by atoms with E-state index in [9.17, 15) is 9.59 Å². The van der Waals surface area contributed by atoms with Crippen LogP contribution >= 0.6 is 22.9 Å². The first-order valence-corrected chi connectivity index (χ1v) is 7.30. The van der Waals surface area contributed by atoms with Crippen molar-refractivity contribution in [3.63, 3.8) is 0 Å². The molecule has 1 aromatic heterocycles. The Morgan fingerprint density at radius 1 is 1.38 bits per heavy atom. The SMILES string of the molecule is CN(Cc1cccs1)C(=O)Nc1cc(Cl)ccc1C(=O)O. The quantitative estimate of drug-likeness (QED) is 0.899. The second-order valence-electron chi connectivity index (χ2n) is 4.36. The van der Waals surface area contributed by atoms with Crippen LogP contribution in [-0.4, -0.2) is 29.1 Å². The van der Waals surface area contributed by atoms with E-state index in [-0.39, 0.29) is 11.3 Å². The Balaban J connectivity index is 2.11. The number of thiophene rings is 1.